The minimum Gasteiger partial charge on any atom is -0.496 e. The average molecular weight is 532 g/mol. The van der Waals surface area contributed by atoms with Gasteiger partial charge in [0.1, 0.15) is 17.2 Å². The molecule has 0 atom stereocenters. The van der Waals surface area contributed by atoms with Crippen LogP contribution < -0.4 is 28.2 Å². The molecule has 35 heavy (non-hydrogen) atoms. The summed E-state index contributed by atoms with van der Waals surface area (Å²) in [6, 6.07) is 7.42. The van der Waals surface area contributed by atoms with Crippen molar-refractivity contribution in [2.75, 3.05) is 46.4 Å². The number of phosphoric ester groups is 1. The van der Waals surface area contributed by atoms with Crippen molar-refractivity contribution >= 4 is 29.6 Å². The number of anilines is 1. The number of phosphoric acid groups is 1. The van der Waals surface area contributed by atoms with Gasteiger partial charge in [-0.15, -0.1) is 0 Å². The fourth-order valence-corrected chi connectivity index (χ4v) is 4.93. The van der Waals surface area contributed by atoms with Crippen molar-refractivity contribution in [1.82, 2.24) is 0 Å². The molecular formula is C22H30NO10PS. The number of hydrogen-bond acceptors (Lipinski definition) is 10. The summed E-state index contributed by atoms with van der Waals surface area (Å²) in [6.45, 7) is 3.43. The van der Waals surface area contributed by atoms with E-state index in [0.29, 0.717) is 22.8 Å². The molecule has 0 bridgehead atoms. The minimum absolute atomic E-state index is 0.0274. The zero-order valence-electron chi connectivity index (χ0n) is 20.4. The number of benzene rings is 2. The number of ether oxygens (including phenoxy) is 4. The lowest BCUT2D eigenvalue weighted by Crippen LogP contribution is -2.09. The summed E-state index contributed by atoms with van der Waals surface area (Å²) in [5, 5.41) is 0.954. The van der Waals surface area contributed by atoms with Gasteiger partial charge in [-0.05, 0) is 32.1 Å². The molecule has 1 N–H and O–H groups in total. The van der Waals surface area contributed by atoms with Gasteiger partial charge in [-0.3, -0.25) is 13.8 Å². The summed E-state index contributed by atoms with van der Waals surface area (Å²) in [5.41, 5.74) is 0.521. The zero-order chi connectivity index (χ0) is 26.1. The number of rotatable bonds is 14. The summed E-state index contributed by atoms with van der Waals surface area (Å²) in [7, 11) is -2.17. The monoisotopic (exact) mass is 531 g/mol. The van der Waals surface area contributed by atoms with E-state index in [2.05, 4.69) is 4.72 Å². The van der Waals surface area contributed by atoms with Gasteiger partial charge in [0, 0.05) is 18.2 Å². The third-order valence-corrected chi connectivity index (χ3v) is 6.96. The van der Waals surface area contributed by atoms with Gasteiger partial charge in [-0.25, -0.2) is 13.0 Å². The molecule has 0 amide bonds. The first-order valence-electron chi connectivity index (χ1n) is 10.4. The number of sulfonamides is 1. The lowest BCUT2D eigenvalue weighted by molar-refractivity contribution is 0.166. The van der Waals surface area contributed by atoms with E-state index in [9.17, 15) is 13.0 Å². The van der Waals surface area contributed by atoms with Crippen molar-refractivity contribution in [3.05, 3.63) is 41.3 Å². The summed E-state index contributed by atoms with van der Waals surface area (Å²) >= 11 is 0. The molecule has 13 heteroatoms. The maximum atomic E-state index is 12.8. The third kappa shape index (κ3) is 7.79. The Bertz CT molecular complexity index is 1150. The molecule has 194 valence electrons. The van der Waals surface area contributed by atoms with Crippen LogP contribution in [0, 0.1) is 0 Å². The number of nitrogens with one attached hydrogen (secondary N) is 1. The molecule has 11 nitrogen and oxygen atoms in total. The first-order chi connectivity index (χ1) is 16.6. The van der Waals surface area contributed by atoms with Crippen LogP contribution in [0.5, 0.6) is 28.7 Å². The molecule has 0 saturated heterocycles. The van der Waals surface area contributed by atoms with E-state index in [4.69, 9.17) is 32.5 Å². The van der Waals surface area contributed by atoms with Crippen LogP contribution in [-0.2, 0) is 23.6 Å². The van der Waals surface area contributed by atoms with Gasteiger partial charge >= 0.3 is 7.82 Å². The predicted molar refractivity (Wildman–Crippen MR) is 132 cm³/mol. The van der Waals surface area contributed by atoms with Crippen LogP contribution in [0.3, 0.4) is 0 Å². The van der Waals surface area contributed by atoms with Crippen LogP contribution in [0.25, 0.3) is 6.08 Å². The van der Waals surface area contributed by atoms with E-state index < -0.39 is 17.8 Å². The normalized spacial score (nSPS) is 11.8. The smallest absolute Gasteiger partial charge is 0.496 e. The van der Waals surface area contributed by atoms with E-state index in [1.165, 1.54) is 52.7 Å². The highest BCUT2D eigenvalue weighted by atomic mass is 32.2. The van der Waals surface area contributed by atoms with E-state index in [0.717, 1.165) is 5.41 Å². The summed E-state index contributed by atoms with van der Waals surface area (Å²) in [5.74, 6) is 1.38. The van der Waals surface area contributed by atoms with Crippen LogP contribution in [-0.4, -0.2) is 50.1 Å². The molecule has 0 spiro atoms. The second kappa shape index (κ2) is 12.7. The fourth-order valence-electron chi connectivity index (χ4n) is 2.89. The standard InChI is InChI=1S/C22H30NO10PS/c1-7-31-34(24,32-8-2)33-22-13-16(9-10-19(22)28-4)23-35(25,26)12-11-18-20(29-5)14-17(27-3)15-21(18)30-6/h9-15,23H,7-8H2,1-6H3/b12-11+. The highest BCUT2D eigenvalue weighted by Gasteiger charge is 2.29. The van der Waals surface area contributed by atoms with Crippen LogP contribution in [0.15, 0.2) is 35.7 Å². The Morgan fingerprint density at radius 1 is 0.829 bits per heavy atom. The lowest BCUT2D eigenvalue weighted by Gasteiger charge is -2.19. The molecule has 0 fully saturated rings. The molecule has 2 rings (SSSR count). The molecule has 2 aromatic rings. The summed E-state index contributed by atoms with van der Waals surface area (Å²) < 4.78 is 77.5. The van der Waals surface area contributed by atoms with Gasteiger partial charge in [0.2, 0.25) is 0 Å². The largest absolute Gasteiger partial charge is 0.530 e. The highest BCUT2D eigenvalue weighted by Crippen LogP contribution is 2.51. The van der Waals surface area contributed by atoms with E-state index >= 15 is 0 Å². The van der Waals surface area contributed by atoms with Gasteiger partial charge in [-0.1, -0.05) is 0 Å². The predicted octanol–water partition coefficient (Wildman–Crippen LogP) is 4.69. The Morgan fingerprint density at radius 2 is 1.40 bits per heavy atom. The molecule has 0 saturated carbocycles. The molecule has 0 aliphatic rings. The fraction of sp³-hybridized carbons (Fsp3) is 0.364. The van der Waals surface area contributed by atoms with Crippen LogP contribution >= 0.6 is 7.82 Å². The number of methoxy groups -OCH3 is 4. The first-order valence-corrected chi connectivity index (χ1v) is 13.4. The van der Waals surface area contributed by atoms with Crippen LogP contribution in [0.4, 0.5) is 5.69 Å². The van der Waals surface area contributed by atoms with Crippen molar-refractivity contribution < 1.29 is 45.5 Å². The van der Waals surface area contributed by atoms with Gasteiger partial charge in [0.15, 0.2) is 11.5 Å². The Kier molecular flexibility index (Phi) is 10.3. The van der Waals surface area contributed by atoms with Gasteiger partial charge < -0.3 is 23.5 Å². The van der Waals surface area contributed by atoms with E-state index in [1.54, 1.807) is 26.0 Å². The van der Waals surface area contributed by atoms with Crippen molar-refractivity contribution in [2.45, 2.75) is 13.8 Å². The minimum atomic E-state index is -4.00. The SMILES string of the molecule is CCOP(=O)(OCC)Oc1cc(NS(=O)(=O)/C=C/c2c(OC)cc(OC)cc2OC)ccc1OC. The van der Waals surface area contributed by atoms with E-state index in [1.807, 2.05) is 0 Å². The molecule has 0 unspecified atom stereocenters. The highest BCUT2D eigenvalue weighted by molar-refractivity contribution is 7.95. The topological polar surface area (TPSA) is 128 Å². The van der Waals surface area contributed by atoms with Gasteiger partial charge in [0.05, 0.1) is 58.3 Å². The average Bonchev–Trinajstić information content (AvgIpc) is 2.82. The van der Waals surface area contributed by atoms with Gasteiger partial charge in [0.25, 0.3) is 10.0 Å². The number of hydrogen-bond donors (Lipinski definition) is 1. The summed E-state index contributed by atoms with van der Waals surface area (Å²) in [6.07, 6.45) is 1.33. The maximum Gasteiger partial charge on any atom is 0.530 e. The Morgan fingerprint density at radius 3 is 1.89 bits per heavy atom. The Balaban J connectivity index is 2.36. The van der Waals surface area contributed by atoms with Crippen molar-refractivity contribution in [3.63, 3.8) is 0 Å². The third-order valence-electron chi connectivity index (χ3n) is 4.38. The molecule has 0 heterocycles. The molecule has 0 aliphatic heterocycles. The summed E-state index contributed by atoms with van der Waals surface area (Å²) in [4.78, 5) is 0. The van der Waals surface area contributed by atoms with Crippen molar-refractivity contribution in [2.24, 2.45) is 0 Å². The molecule has 2 aromatic carbocycles. The van der Waals surface area contributed by atoms with Crippen LogP contribution in [0.2, 0.25) is 0 Å². The quantitative estimate of drug-likeness (QED) is 0.343. The Labute approximate surface area is 205 Å². The second-order valence-electron chi connectivity index (χ2n) is 6.64. The molecule has 0 radical (unpaired) electrons. The lowest BCUT2D eigenvalue weighted by atomic mass is 10.1. The molecule has 0 aromatic heterocycles. The second-order valence-corrected chi connectivity index (χ2v) is 9.79. The van der Waals surface area contributed by atoms with E-state index in [-0.39, 0.29) is 30.4 Å². The van der Waals surface area contributed by atoms with Crippen molar-refractivity contribution in [3.8, 4) is 28.7 Å². The van der Waals surface area contributed by atoms with Gasteiger partial charge in [-0.2, -0.15) is 0 Å². The first kappa shape index (κ1) is 28.3. The van der Waals surface area contributed by atoms with Crippen molar-refractivity contribution in [1.29, 1.82) is 0 Å². The zero-order valence-corrected chi connectivity index (χ0v) is 22.1. The maximum absolute atomic E-state index is 12.8. The molecule has 0 aliphatic carbocycles. The van der Waals surface area contributed by atoms with Crippen LogP contribution in [0.1, 0.15) is 19.4 Å². The molecular weight excluding hydrogens is 501 g/mol. The Hall–Kier alpha value is -2.92.